The first-order chi connectivity index (χ1) is 9.60. The molecule has 0 spiro atoms. The number of carbonyl (C=O) groups excluding carboxylic acids is 1. The van der Waals surface area contributed by atoms with Gasteiger partial charge in [0.2, 0.25) is 0 Å². The lowest BCUT2D eigenvalue weighted by Gasteiger charge is -2.08. The van der Waals surface area contributed by atoms with Gasteiger partial charge in [-0.1, -0.05) is 12.1 Å². The number of ether oxygens (including phenoxy) is 1. The van der Waals surface area contributed by atoms with E-state index in [1.807, 2.05) is 36.4 Å². The van der Waals surface area contributed by atoms with E-state index < -0.39 is 0 Å². The number of hydrogen-bond acceptors (Lipinski definition) is 3. The molecule has 0 atom stereocenters. The van der Waals surface area contributed by atoms with Gasteiger partial charge in [-0.05, 0) is 51.8 Å². The Balaban J connectivity index is 2.02. The van der Waals surface area contributed by atoms with Crippen LogP contribution in [0, 0.1) is 0 Å². The molecule has 0 aliphatic rings. The maximum absolute atomic E-state index is 12.1. The van der Waals surface area contributed by atoms with Gasteiger partial charge in [0.1, 0.15) is 5.75 Å². The van der Waals surface area contributed by atoms with Gasteiger partial charge in [0.05, 0.1) is 12.7 Å². The van der Waals surface area contributed by atoms with Crippen molar-refractivity contribution in [2.24, 2.45) is 0 Å². The lowest BCUT2D eigenvalue weighted by Crippen LogP contribution is -2.23. The minimum Gasteiger partial charge on any atom is -0.497 e. The molecule has 0 saturated heterocycles. The Morgan fingerprint density at radius 3 is 2.60 bits per heavy atom. The highest BCUT2D eigenvalue weighted by molar-refractivity contribution is 9.10. The third-order valence-corrected chi connectivity index (χ3v) is 3.78. The van der Waals surface area contributed by atoms with Crippen LogP contribution in [0.5, 0.6) is 5.75 Å². The van der Waals surface area contributed by atoms with E-state index in [1.54, 1.807) is 13.2 Å². The molecule has 1 amide bonds. The summed E-state index contributed by atoms with van der Waals surface area (Å²) in [6.07, 6.45) is 0. The summed E-state index contributed by atoms with van der Waals surface area (Å²) in [4.78, 5) is 12.9. The van der Waals surface area contributed by atoms with Gasteiger partial charge >= 0.3 is 0 Å². The van der Waals surface area contributed by atoms with Crippen molar-refractivity contribution in [3.63, 3.8) is 0 Å². The molecule has 20 heavy (non-hydrogen) atoms. The topological polar surface area (TPSA) is 38.3 Å². The summed E-state index contributed by atoms with van der Waals surface area (Å²) in [5.41, 5.74) is 1.59. The first kappa shape index (κ1) is 14.9. The Hall–Kier alpha value is -1.46. The molecule has 0 aromatic heterocycles. The summed E-state index contributed by atoms with van der Waals surface area (Å²) < 4.78 is 5.84. The highest BCUT2D eigenvalue weighted by Crippen LogP contribution is 2.20. The predicted molar refractivity (Wildman–Crippen MR) is 85.6 cm³/mol. The number of benzene rings is 2. The average molecular weight is 352 g/mol. The van der Waals surface area contributed by atoms with E-state index in [2.05, 4.69) is 33.9 Å². The van der Waals surface area contributed by atoms with Crippen molar-refractivity contribution < 1.29 is 9.53 Å². The minimum absolute atomic E-state index is 0.136. The molecule has 104 valence electrons. The number of hydrogen-bond donors (Lipinski definition) is 2. The molecule has 2 rings (SSSR count). The van der Waals surface area contributed by atoms with Crippen molar-refractivity contribution in [2.75, 3.05) is 7.11 Å². The molecule has 0 aliphatic heterocycles. The van der Waals surface area contributed by atoms with Crippen LogP contribution in [-0.4, -0.2) is 13.0 Å². The normalized spacial score (nSPS) is 10.2. The molecule has 0 aliphatic carbocycles. The zero-order valence-corrected chi connectivity index (χ0v) is 13.4. The van der Waals surface area contributed by atoms with Crippen LogP contribution in [0.25, 0.3) is 0 Å². The zero-order valence-electron chi connectivity index (χ0n) is 10.9. The minimum atomic E-state index is -0.136. The number of halogens is 1. The number of nitrogens with one attached hydrogen (secondary N) is 1. The first-order valence-corrected chi connectivity index (χ1v) is 7.24. The number of thiol groups is 1. The van der Waals surface area contributed by atoms with E-state index in [9.17, 15) is 4.79 Å². The van der Waals surface area contributed by atoms with Crippen LogP contribution >= 0.6 is 28.6 Å². The summed E-state index contributed by atoms with van der Waals surface area (Å²) in [5, 5.41) is 2.88. The lowest BCUT2D eigenvalue weighted by molar-refractivity contribution is 0.0950. The van der Waals surface area contributed by atoms with E-state index in [0.29, 0.717) is 12.1 Å². The van der Waals surface area contributed by atoms with Crippen molar-refractivity contribution in [1.82, 2.24) is 5.32 Å². The predicted octanol–water partition coefficient (Wildman–Crippen LogP) is 3.68. The van der Waals surface area contributed by atoms with E-state index in [-0.39, 0.29) is 5.91 Å². The largest absolute Gasteiger partial charge is 0.497 e. The highest BCUT2D eigenvalue weighted by Gasteiger charge is 2.10. The fourth-order valence-electron chi connectivity index (χ4n) is 1.71. The zero-order chi connectivity index (χ0) is 14.5. The van der Waals surface area contributed by atoms with Gasteiger partial charge in [-0.15, -0.1) is 12.6 Å². The fourth-order valence-corrected chi connectivity index (χ4v) is 2.34. The number of amides is 1. The third-order valence-electron chi connectivity index (χ3n) is 2.81. The molecule has 2 aromatic rings. The van der Waals surface area contributed by atoms with Crippen LogP contribution in [0.3, 0.4) is 0 Å². The quantitative estimate of drug-likeness (QED) is 0.824. The summed E-state index contributed by atoms with van der Waals surface area (Å²) in [6, 6.07) is 12.9. The maximum Gasteiger partial charge on any atom is 0.252 e. The maximum atomic E-state index is 12.1. The monoisotopic (exact) mass is 351 g/mol. The van der Waals surface area contributed by atoms with Crippen LogP contribution in [0.15, 0.2) is 51.8 Å². The molecular weight excluding hydrogens is 338 g/mol. The second kappa shape index (κ2) is 6.81. The Bertz CT molecular complexity index is 614. The average Bonchev–Trinajstić information content (AvgIpc) is 2.47. The molecular formula is C15H14BrNO2S. The van der Waals surface area contributed by atoms with Crippen LogP contribution < -0.4 is 10.1 Å². The van der Waals surface area contributed by atoms with Crippen LogP contribution in [0.1, 0.15) is 15.9 Å². The summed E-state index contributed by atoms with van der Waals surface area (Å²) >= 11 is 7.61. The molecule has 3 nitrogen and oxygen atoms in total. The molecule has 0 radical (unpaired) electrons. The lowest BCUT2D eigenvalue weighted by atomic mass is 10.2. The number of methoxy groups -OCH3 is 1. The second-order valence-corrected chi connectivity index (χ2v) is 5.57. The third kappa shape index (κ3) is 3.77. The van der Waals surface area contributed by atoms with Gasteiger partial charge in [-0.3, -0.25) is 4.79 Å². The summed E-state index contributed by atoms with van der Waals surface area (Å²) in [6.45, 7) is 0.464. The van der Waals surface area contributed by atoms with Gasteiger partial charge in [0.25, 0.3) is 5.91 Å². The van der Waals surface area contributed by atoms with Gasteiger partial charge in [0.15, 0.2) is 0 Å². The number of carbonyl (C=O) groups is 1. The summed E-state index contributed by atoms with van der Waals surface area (Å²) in [7, 11) is 1.62. The van der Waals surface area contributed by atoms with E-state index >= 15 is 0 Å². The van der Waals surface area contributed by atoms with E-state index in [0.717, 1.165) is 20.7 Å². The van der Waals surface area contributed by atoms with Crippen molar-refractivity contribution in [3.8, 4) is 5.75 Å². The van der Waals surface area contributed by atoms with Gasteiger partial charge < -0.3 is 10.1 Å². The Labute approximate surface area is 131 Å². The van der Waals surface area contributed by atoms with Crippen LogP contribution in [0.2, 0.25) is 0 Å². The number of rotatable bonds is 4. The van der Waals surface area contributed by atoms with Crippen molar-refractivity contribution in [3.05, 3.63) is 58.1 Å². The Morgan fingerprint density at radius 1 is 1.25 bits per heavy atom. The molecule has 0 saturated carbocycles. The van der Waals surface area contributed by atoms with Crippen molar-refractivity contribution in [1.29, 1.82) is 0 Å². The second-order valence-electron chi connectivity index (χ2n) is 4.19. The molecule has 0 heterocycles. The standard InChI is InChI=1S/C15H14BrNO2S/c1-19-11-4-2-10(3-5-11)9-17-15(18)13-8-12(20)6-7-14(13)16/h2-8,20H,9H2,1H3,(H,17,18). The van der Waals surface area contributed by atoms with E-state index in [4.69, 9.17) is 4.74 Å². The molecule has 0 unspecified atom stereocenters. The van der Waals surface area contributed by atoms with Crippen molar-refractivity contribution >= 4 is 34.5 Å². The van der Waals surface area contributed by atoms with E-state index in [1.165, 1.54) is 0 Å². The Kier molecular flexibility index (Phi) is 5.09. The fraction of sp³-hybridized carbons (Fsp3) is 0.133. The van der Waals surface area contributed by atoms with Gasteiger partial charge in [0, 0.05) is 15.9 Å². The van der Waals surface area contributed by atoms with Crippen LogP contribution in [-0.2, 0) is 6.54 Å². The van der Waals surface area contributed by atoms with Gasteiger partial charge in [-0.25, -0.2) is 0 Å². The van der Waals surface area contributed by atoms with Crippen LogP contribution in [0.4, 0.5) is 0 Å². The molecule has 0 bridgehead atoms. The summed E-state index contributed by atoms with van der Waals surface area (Å²) in [5.74, 6) is 0.661. The molecule has 1 N–H and O–H groups in total. The van der Waals surface area contributed by atoms with Gasteiger partial charge in [-0.2, -0.15) is 0 Å². The SMILES string of the molecule is COc1ccc(CNC(=O)c2cc(S)ccc2Br)cc1. The molecule has 2 aromatic carbocycles. The molecule has 5 heteroatoms. The highest BCUT2D eigenvalue weighted by atomic mass is 79.9. The van der Waals surface area contributed by atoms with Crippen molar-refractivity contribution in [2.45, 2.75) is 11.4 Å². The Morgan fingerprint density at radius 2 is 1.95 bits per heavy atom. The molecule has 0 fully saturated rings. The first-order valence-electron chi connectivity index (χ1n) is 6.00. The smallest absolute Gasteiger partial charge is 0.252 e.